The summed E-state index contributed by atoms with van der Waals surface area (Å²) < 4.78 is 23.0. The number of esters is 1. The quantitative estimate of drug-likeness (QED) is 0.280. The molecule has 0 aromatic carbocycles. The van der Waals surface area contributed by atoms with Crippen LogP contribution in [0.2, 0.25) is 45.3 Å². The molecule has 0 bridgehead atoms. The number of ether oxygens (including phenoxy) is 2. The van der Waals surface area contributed by atoms with Gasteiger partial charge in [0.25, 0.3) is 0 Å². The minimum absolute atomic E-state index is 0.0155. The molecule has 0 aromatic rings. The summed E-state index contributed by atoms with van der Waals surface area (Å²) in [7, 11) is -5.13. The Morgan fingerprint density at radius 2 is 1.81 bits per heavy atom. The Bertz CT molecular complexity index is 524. The van der Waals surface area contributed by atoms with Gasteiger partial charge in [-0.15, -0.1) is 0 Å². The molecule has 8 nitrogen and oxygen atoms in total. The normalized spacial score (nSPS) is 25.4. The molecule has 0 amide bonds. The third kappa shape index (κ3) is 7.85. The van der Waals surface area contributed by atoms with E-state index in [2.05, 4.69) is 39.3 Å². The van der Waals surface area contributed by atoms with E-state index >= 15 is 0 Å². The van der Waals surface area contributed by atoms with Crippen molar-refractivity contribution in [2.45, 2.75) is 70.6 Å². The first-order valence-corrected chi connectivity index (χ1v) is 17.5. The number of hydrogen-bond donors (Lipinski definition) is 2. The molecule has 0 saturated carbocycles. The molecule has 157 valence electrons. The summed E-state index contributed by atoms with van der Waals surface area (Å²) in [5.41, 5.74) is 0. The summed E-state index contributed by atoms with van der Waals surface area (Å²) in [6.07, 6.45) is -4.16. The van der Waals surface area contributed by atoms with Gasteiger partial charge in [-0.05, 0) is 51.2 Å². The first-order valence-electron chi connectivity index (χ1n) is 9.12. The maximum atomic E-state index is 12.2. The number of ketones is 1. The van der Waals surface area contributed by atoms with E-state index in [1.54, 1.807) is 0 Å². The summed E-state index contributed by atoms with van der Waals surface area (Å²) in [4.78, 5) is 24.0. The molecule has 0 aliphatic carbocycles. The molecule has 1 fully saturated rings. The lowest BCUT2D eigenvalue weighted by Gasteiger charge is -2.36. The third-order valence-corrected chi connectivity index (χ3v) is 12.7. The molecule has 0 spiro atoms. The number of rotatable bonds is 11. The van der Waals surface area contributed by atoms with E-state index < -0.39 is 62.6 Å². The maximum absolute atomic E-state index is 12.2. The smallest absolute Gasteiger partial charge is 0.344 e. The number of Topliss-reactive ketones (excluding diaryl/α,β-unsaturated/α-hetero) is 1. The van der Waals surface area contributed by atoms with Gasteiger partial charge in [0, 0.05) is 0 Å². The Balaban J connectivity index is 2.68. The van der Waals surface area contributed by atoms with Crippen molar-refractivity contribution in [2.75, 3.05) is 13.2 Å². The molecule has 1 radical (unpaired) electrons. The second-order valence-electron chi connectivity index (χ2n) is 8.39. The molecule has 1 saturated heterocycles. The molecular formula is C16H33O8Si3. The van der Waals surface area contributed by atoms with E-state index in [4.69, 9.17) is 22.8 Å². The highest BCUT2D eigenvalue weighted by atomic mass is 28.5. The standard InChI is InChI=1S/C16H33O8Si3/c1-11(10-27(7,23-25(2)3)24-26(4,5)6)9-21-15-13(19)14(12(18)8-17)22-16(15)20/h11-12,14-15,17-18H,8-10H2,1-7H3. The number of carbonyl (C=O) groups excluding carboxylic acids is 2. The molecule has 1 aliphatic rings. The number of carbonyl (C=O) groups is 2. The van der Waals surface area contributed by atoms with Crippen molar-refractivity contribution in [1.29, 1.82) is 0 Å². The summed E-state index contributed by atoms with van der Waals surface area (Å²) in [6.45, 7) is 14.0. The van der Waals surface area contributed by atoms with Crippen LogP contribution in [-0.2, 0) is 27.3 Å². The van der Waals surface area contributed by atoms with Gasteiger partial charge in [-0.2, -0.15) is 0 Å². The minimum Gasteiger partial charge on any atom is -0.449 e. The Labute approximate surface area is 165 Å². The topological polar surface area (TPSA) is 112 Å². The van der Waals surface area contributed by atoms with Gasteiger partial charge >= 0.3 is 14.5 Å². The molecule has 27 heavy (non-hydrogen) atoms. The van der Waals surface area contributed by atoms with Crippen molar-refractivity contribution < 1.29 is 37.5 Å². The predicted octanol–water partition coefficient (Wildman–Crippen LogP) is 1.05. The second-order valence-corrected chi connectivity index (χ2v) is 18.7. The Morgan fingerprint density at radius 1 is 1.22 bits per heavy atom. The van der Waals surface area contributed by atoms with Crippen molar-refractivity contribution in [1.82, 2.24) is 0 Å². The molecule has 1 aliphatic heterocycles. The van der Waals surface area contributed by atoms with Crippen LogP contribution in [0.15, 0.2) is 0 Å². The van der Waals surface area contributed by atoms with Crippen LogP contribution in [0.4, 0.5) is 0 Å². The molecule has 11 heteroatoms. The zero-order valence-electron chi connectivity index (χ0n) is 17.3. The van der Waals surface area contributed by atoms with Crippen LogP contribution < -0.4 is 0 Å². The first kappa shape index (κ1) is 24.6. The molecule has 1 heterocycles. The number of aliphatic hydroxyl groups excluding tert-OH is 2. The highest BCUT2D eigenvalue weighted by Gasteiger charge is 2.48. The summed E-state index contributed by atoms with van der Waals surface area (Å²) in [5.74, 6) is -1.47. The van der Waals surface area contributed by atoms with Gasteiger partial charge < -0.3 is 27.9 Å². The van der Waals surface area contributed by atoms with Gasteiger partial charge in [0.2, 0.25) is 11.9 Å². The maximum Gasteiger partial charge on any atom is 0.344 e. The van der Waals surface area contributed by atoms with Crippen LogP contribution in [0.1, 0.15) is 6.92 Å². The lowest BCUT2D eigenvalue weighted by Crippen LogP contribution is -2.50. The summed E-state index contributed by atoms with van der Waals surface area (Å²) in [5, 5.41) is 18.5. The Kier molecular flexibility index (Phi) is 9.01. The largest absolute Gasteiger partial charge is 0.449 e. The van der Waals surface area contributed by atoms with Crippen molar-refractivity contribution in [2.24, 2.45) is 5.92 Å². The van der Waals surface area contributed by atoms with Crippen molar-refractivity contribution in [3.8, 4) is 0 Å². The van der Waals surface area contributed by atoms with Crippen molar-refractivity contribution in [3.63, 3.8) is 0 Å². The Hall–Kier alpha value is -0.409. The number of aliphatic hydroxyl groups is 2. The predicted molar refractivity (Wildman–Crippen MR) is 106 cm³/mol. The van der Waals surface area contributed by atoms with Gasteiger partial charge in [-0.1, -0.05) is 6.92 Å². The van der Waals surface area contributed by atoms with E-state index in [1.807, 2.05) is 6.92 Å². The van der Waals surface area contributed by atoms with Gasteiger partial charge in [-0.25, -0.2) is 4.79 Å². The van der Waals surface area contributed by atoms with E-state index in [1.165, 1.54) is 0 Å². The van der Waals surface area contributed by atoms with E-state index in [0.29, 0.717) is 6.04 Å². The van der Waals surface area contributed by atoms with Crippen LogP contribution in [-0.4, -0.2) is 79.4 Å². The lowest BCUT2D eigenvalue weighted by molar-refractivity contribution is -0.153. The molecule has 2 N–H and O–H groups in total. The average molecular weight is 438 g/mol. The Morgan fingerprint density at radius 3 is 2.30 bits per heavy atom. The second kappa shape index (κ2) is 9.87. The fourth-order valence-electron chi connectivity index (χ4n) is 3.16. The van der Waals surface area contributed by atoms with E-state index in [-0.39, 0.29) is 12.5 Å². The van der Waals surface area contributed by atoms with Crippen LogP contribution in [0.3, 0.4) is 0 Å². The fourth-order valence-corrected chi connectivity index (χ4v) is 14.4. The average Bonchev–Trinajstić information content (AvgIpc) is 2.75. The zero-order chi connectivity index (χ0) is 21.0. The van der Waals surface area contributed by atoms with E-state index in [9.17, 15) is 14.7 Å². The van der Waals surface area contributed by atoms with Gasteiger partial charge in [-0.3, -0.25) is 4.79 Å². The highest BCUT2D eigenvalue weighted by Crippen LogP contribution is 2.26. The minimum atomic E-state index is -2.41. The van der Waals surface area contributed by atoms with Crippen LogP contribution in [0.25, 0.3) is 0 Å². The molecular weight excluding hydrogens is 404 g/mol. The summed E-state index contributed by atoms with van der Waals surface area (Å²) in [6, 6.07) is 0.686. The molecule has 5 unspecified atom stereocenters. The van der Waals surface area contributed by atoms with Gasteiger partial charge in [0.05, 0.1) is 13.2 Å². The van der Waals surface area contributed by atoms with Gasteiger partial charge in [0.15, 0.2) is 23.5 Å². The lowest BCUT2D eigenvalue weighted by atomic mass is 10.1. The van der Waals surface area contributed by atoms with Gasteiger partial charge in [0.1, 0.15) is 6.10 Å². The molecule has 0 aromatic heterocycles. The SMILES string of the molecule is CC(COC1C(=O)OC(C(O)CO)C1=O)C[Si](C)(O[Si](C)C)O[Si](C)(C)C. The first-order chi connectivity index (χ1) is 12.3. The monoisotopic (exact) mass is 437 g/mol. The van der Waals surface area contributed by atoms with Crippen LogP contribution in [0.5, 0.6) is 0 Å². The third-order valence-electron chi connectivity index (χ3n) is 3.74. The summed E-state index contributed by atoms with van der Waals surface area (Å²) >= 11 is 0. The highest BCUT2D eigenvalue weighted by molar-refractivity contribution is 6.84. The van der Waals surface area contributed by atoms with Crippen molar-refractivity contribution in [3.05, 3.63) is 0 Å². The molecule has 1 rings (SSSR count). The fraction of sp³-hybridized carbons (Fsp3) is 0.875. The van der Waals surface area contributed by atoms with E-state index in [0.717, 1.165) is 0 Å². The number of hydrogen-bond acceptors (Lipinski definition) is 8. The number of cyclic esters (lactones) is 1. The van der Waals surface area contributed by atoms with Crippen LogP contribution >= 0.6 is 0 Å². The molecule has 5 atom stereocenters. The van der Waals surface area contributed by atoms with Crippen LogP contribution in [0, 0.1) is 5.92 Å². The zero-order valence-corrected chi connectivity index (χ0v) is 20.3. The van der Waals surface area contributed by atoms with Crippen molar-refractivity contribution >= 4 is 37.7 Å².